The Hall–Kier alpha value is -4.37. The van der Waals surface area contributed by atoms with Crippen LogP contribution in [0.1, 0.15) is 11.3 Å². The molecule has 0 radical (unpaired) electrons. The van der Waals surface area contributed by atoms with E-state index in [0.29, 0.717) is 31.0 Å². The Labute approximate surface area is 202 Å². The molecule has 2 aromatic carbocycles. The van der Waals surface area contributed by atoms with Crippen molar-refractivity contribution >= 4 is 11.6 Å². The molecule has 9 heteroatoms. The van der Waals surface area contributed by atoms with E-state index in [-0.39, 0.29) is 18.0 Å². The number of hydrogen-bond donors (Lipinski definition) is 0. The second-order valence-electron chi connectivity index (χ2n) is 7.89. The van der Waals surface area contributed by atoms with E-state index < -0.39 is 4.92 Å². The van der Waals surface area contributed by atoms with Crippen molar-refractivity contribution in [3.05, 3.63) is 107 Å². The molecule has 35 heavy (non-hydrogen) atoms. The highest BCUT2D eigenvalue weighted by molar-refractivity contribution is 5.81. The van der Waals surface area contributed by atoms with Crippen LogP contribution < -0.4 is 0 Å². The number of para-hydroxylation sites is 1. The molecule has 0 aliphatic carbocycles. The molecule has 0 atom stereocenters. The summed E-state index contributed by atoms with van der Waals surface area (Å²) < 4.78 is 6.93. The number of carbonyl (C=O) groups excluding carboxylic acids is 1. The molecule has 178 valence electrons. The van der Waals surface area contributed by atoms with Crippen molar-refractivity contribution < 1.29 is 14.5 Å². The highest BCUT2D eigenvalue weighted by atomic mass is 16.6. The van der Waals surface area contributed by atoms with Gasteiger partial charge in [0.05, 0.1) is 41.6 Å². The Morgan fingerprint density at radius 1 is 1.06 bits per heavy atom. The first-order valence-corrected chi connectivity index (χ1v) is 11.1. The van der Waals surface area contributed by atoms with Crippen molar-refractivity contribution in [1.29, 1.82) is 0 Å². The third-order valence-electron chi connectivity index (χ3n) is 5.50. The average Bonchev–Trinajstić information content (AvgIpc) is 3.31. The zero-order valence-corrected chi connectivity index (χ0v) is 19.3. The molecule has 0 bridgehead atoms. The SMILES string of the molecule is COCCN(Cc1ccccn1)C(=O)Cc1cn(-c2ccccc2)nc1-c1ccc([N+](=O)[O-])cc1. The Balaban J connectivity index is 1.66. The summed E-state index contributed by atoms with van der Waals surface area (Å²) in [6.45, 7) is 1.19. The van der Waals surface area contributed by atoms with Crippen LogP contribution in [-0.4, -0.2) is 50.8 Å². The smallest absolute Gasteiger partial charge is 0.269 e. The minimum atomic E-state index is -0.442. The quantitative estimate of drug-likeness (QED) is 0.255. The lowest BCUT2D eigenvalue weighted by Gasteiger charge is -2.22. The molecular weight excluding hydrogens is 446 g/mol. The van der Waals surface area contributed by atoms with Gasteiger partial charge in [0.2, 0.25) is 5.91 Å². The maximum Gasteiger partial charge on any atom is 0.269 e. The molecule has 0 saturated carbocycles. The van der Waals surface area contributed by atoms with E-state index in [1.165, 1.54) is 12.1 Å². The molecule has 4 aromatic rings. The summed E-state index contributed by atoms with van der Waals surface area (Å²) in [6, 6.07) is 21.4. The number of amides is 1. The maximum absolute atomic E-state index is 13.4. The first-order chi connectivity index (χ1) is 17.0. The van der Waals surface area contributed by atoms with Gasteiger partial charge in [-0.15, -0.1) is 0 Å². The number of aromatic nitrogens is 3. The summed E-state index contributed by atoms with van der Waals surface area (Å²) in [6.07, 6.45) is 3.64. The Morgan fingerprint density at radius 3 is 2.46 bits per heavy atom. The second kappa shape index (κ2) is 11.2. The molecule has 0 N–H and O–H groups in total. The van der Waals surface area contributed by atoms with Crippen LogP contribution in [0.5, 0.6) is 0 Å². The standard InChI is InChI=1S/C26H25N5O4/c1-35-16-15-29(19-22-7-5-6-14-27-22)25(32)17-21-18-30(23-8-3-2-4-9-23)28-26(21)20-10-12-24(13-11-20)31(33)34/h2-14,18H,15-17,19H2,1H3. The van der Waals surface area contributed by atoms with Crippen molar-refractivity contribution in [2.24, 2.45) is 0 Å². The fraction of sp³-hybridized carbons (Fsp3) is 0.192. The van der Waals surface area contributed by atoms with Crippen LogP contribution in [0.25, 0.3) is 16.9 Å². The summed E-state index contributed by atoms with van der Waals surface area (Å²) in [5, 5.41) is 15.8. The van der Waals surface area contributed by atoms with Gasteiger partial charge < -0.3 is 9.64 Å². The normalized spacial score (nSPS) is 10.8. The number of benzene rings is 2. The van der Waals surface area contributed by atoms with Crippen LogP contribution >= 0.6 is 0 Å². The number of methoxy groups -OCH3 is 1. The average molecular weight is 472 g/mol. The van der Waals surface area contributed by atoms with E-state index in [2.05, 4.69) is 4.98 Å². The molecule has 0 fully saturated rings. The second-order valence-corrected chi connectivity index (χ2v) is 7.89. The van der Waals surface area contributed by atoms with Crippen LogP contribution in [0.15, 0.2) is 85.2 Å². The first kappa shape index (κ1) is 23.8. The molecule has 0 aliphatic rings. The van der Waals surface area contributed by atoms with E-state index in [1.54, 1.807) is 35.0 Å². The van der Waals surface area contributed by atoms with Gasteiger partial charge in [-0.3, -0.25) is 19.9 Å². The monoisotopic (exact) mass is 471 g/mol. The zero-order valence-electron chi connectivity index (χ0n) is 19.3. The van der Waals surface area contributed by atoms with Gasteiger partial charge in [-0.1, -0.05) is 24.3 Å². The van der Waals surface area contributed by atoms with E-state index >= 15 is 0 Å². The van der Waals surface area contributed by atoms with Gasteiger partial charge >= 0.3 is 0 Å². The lowest BCUT2D eigenvalue weighted by Crippen LogP contribution is -2.34. The van der Waals surface area contributed by atoms with Gasteiger partial charge in [-0.2, -0.15) is 5.10 Å². The van der Waals surface area contributed by atoms with Crippen LogP contribution in [0.2, 0.25) is 0 Å². The summed E-state index contributed by atoms with van der Waals surface area (Å²) in [4.78, 5) is 30.1. The van der Waals surface area contributed by atoms with Crippen LogP contribution in [0, 0.1) is 10.1 Å². The predicted octanol–water partition coefficient (Wildman–Crippen LogP) is 4.06. The fourth-order valence-electron chi connectivity index (χ4n) is 3.69. The highest BCUT2D eigenvalue weighted by Crippen LogP contribution is 2.27. The topological polar surface area (TPSA) is 103 Å². The number of carbonyl (C=O) groups is 1. The molecule has 0 saturated heterocycles. The third kappa shape index (κ3) is 5.96. The van der Waals surface area contributed by atoms with E-state index in [9.17, 15) is 14.9 Å². The lowest BCUT2D eigenvalue weighted by molar-refractivity contribution is -0.384. The van der Waals surface area contributed by atoms with Gasteiger partial charge in [0, 0.05) is 49.3 Å². The van der Waals surface area contributed by atoms with Crippen molar-refractivity contribution in [3.63, 3.8) is 0 Å². The zero-order chi connectivity index (χ0) is 24.6. The van der Waals surface area contributed by atoms with Gasteiger partial charge in [0.15, 0.2) is 0 Å². The molecule has 0 unspecified atom stereocenters. The van der Waals surface area contributed by atoms with Crippen LogP contribution in [0.3, 0.4) is 0 Å². The summed E-state index contributed by atoms with van der Waals surface area (Å²) in [5.74, 6) is -0.0940. The predicted molar refractivity (Wildman–Crippen MR) is 131 cm³/mol. The van der Waals surface area contributed by atoms with E-state index in [1.807, 2.05) is 54.7 Å². The van der Waals surface area contributed by atoms with Crippen molar-refractivity contribution in [2.75, 3.05) is 20.3 Å². The number of nitrogens with zero attached hydrogens (tertiary/aromatic N) is 5. The minimum Gasteiger partial charge on any atom is -0.383 e. The number of nitro benzene ring substituents is 1. The van der Waals surface area contributed by atoms with Crippen LogP contribution in [-0.2, 0) is 22.5 Å². The molecule has 0 aliphatic heterocycles. The van der Waals surface area contributed by atoms with Gasteiger partial charge in [0.1, 0.15) is 0 Å². The first-order valence-electron chi connectivity index (χ1n) is 11.1. The van der Waals surface area contributed by atoms with Crippen molar-refractivity contribution in [1.82, 2.24) is 19.7 Å². The van der Waals surface area contributed by atoms with Crippen molar-refractivity contribution in [2.45, 2.75) is 13.0 Å². The Morgan fingerprint density at radius 2 is 1.80 bits per heavy atom. The van der Waals surface area contributed by atoms with Crippen molar-refractivity contribution in [3.8, 4) is 16.9 Å². The Kier molecular flexibility index (Phi) is 7.59. The molecule has 9 nitrogen and oxygen atoms in total. The number of nitro groups is 1. The maximum atomic E-state index is 13.4. The van der Waals surface area contributed by atoms with Gasteiger partial charge in [-0.25, -0.2) is 4.68 Å². The summed E-state index contributed by atoms with van der Waals surface area (Å²) >= 11 is 0. The molecular formula is C26H25N5O4. The van der Waals surface area contributed by atoms with E-state index in [0.717, 1.165) is 16.9 Å². The molecule has 1 amide bonds. The number of pyridine rings is 1. The highest BCUT2D eigenvalue weighted by Gasteiger charge is 2.20. The minimum absolute atomic E-state index is 0.00466. The molecule has 2 heterocycles. The third-order valence-corrected chi connectivity index (χ3v) is 5.50. The number of ether oxygens (including phenoxy) is 1. The van der Waals surface area contributed by atoms with Gasteiger partial charge in [-0.05, 0) is 36.4 Å². The molecule has 0 spiro atoms. The number of rotatable bonds is 10. The Bertz CT molecular complexity index is 1270. The lowest BCUT2D eigenvalue weighted by atomic mass is 10.0. The largest absolute Gasteiger partial charge is 0.383 e. The summed E-state index contributed by atoms with van der Waals surface area (Å²) in [5.41, 5.74) is 3.64. The molecule has 4 rings (SSSR count). The van der Waals surface area contributed by atoms with E-state index in [4.69, 9.17) is 9.84 Å². The number of hydrogen-bond acceptors (Lipinski definition) is 6. The molecule has 2 aromatic heterocycles. The fourth-order valence-corrected chi connectivity index (χ4v) is 3.69. The summed E-state index contributed by atoms with van der Waals surface area (Å²) in [7, 11) is 1.60. The number of non-ortho nitro benzene ring substituents is 1. The van der Waals surface area contributed by atoms with Gasteiger partial charge in [0.25, 0.3) is 5.69 Å². The van der Waals surface area contributed by atoms with Crippen LogP contribution in [0.4, 0.5) is 5.69 Å².